The van der Waals surface area contributed by atoms with Crippen LogP contribution in [0.1, 0.15) is 49.6 Å². The zero-order valence-corrected chi connectivity index (χ0v) is 15.7. The van der Waals surface area contributed by atoms with Gasteiger partial charge in [-0.25, -0.2) is 0 Å². The highest BCUT2D eigenvalue weighted by molar-refractivity contribution is 5.98. The number of amides is 1. The molecule has 130 valence electrons. The van der Waals surface area contributed by atoms with Gasteiger partial charge in [-0.05, 0) is 58.2 Å². The van der Waals surface area contributed by atoms with E-state index in [0.717, 1.165) is 51.2 Å². The molecule has 0 spiro atoms. The minimum Gasteiger partial charge on any atom is -0.496 e. The van der Waals surface area contributed by atoms with Crippen LogP contribution in [0.3, 0.4) is 0 Å². The van der Waals surface area contributed by atoms with Crippen molar-refractivity contribution in [3.63, 3.8) is 0 Å². The van der Waals surface area contributed by atoms with Crippen LogP contribution in [0.4, 0.5) is 0 Å². The van der Waals surface area contributed by atoms with Crippen molar-refractivity contribution in [2.75, 3.05) is 7.11 Å². The Kier molecular flexibility index (Phi) is 5.37. The van der Waals surface area contributed by atoms with Crippen LogP contribution in [-0.4, -0.2) is 19.1 Å². The highest BCUT2D eigenvalue weighted by Crippen LogP contribution is 2.38. The van der Waals surface area contributed by atoms with Crippen LogP contribution in [0.2, 0.25) is 0 Å². The molecule has 1 N–H and O–H groups in total. The first-order valence-corrected chi connectivity index (χ1v) is 8.36. The Hall–Kier alpha value is -2.23. The van der Waals surface area contributed by atoms with E-state index in [0.29, 0.717) is 0 Å². The lowest BCUT2D eigenvalue weighted by atomic mass is 9.98. The fourth-order valence-corrected chi connectivity index (χ4v) is 2.83. The highest BCUT2D eigenvalue weighted by Gasteiger charge is 2.18. The third kappa shape index (κ3) is 3.32. The molecular formula is C20H27NO3. The summed E-state index contributed by atoms with van der Waals surface area (Å²) in [6.07, 6.45) is 2.54. The summed E-state index contributed by atoms with van der Waals surface area (Å²) in [5.74, 6) is 1.58. The molecule has 0 bridgehead atoms. The fraction of sp³-hybridized carbons (Fsp3) is 0.450. The number of carbonyl (C=O) groups excluding carboxylic acids is 1. The third-order valence-corrected chi connectivity index (χ3v) is 4.62. The van der Waals surface area contributed by atoms with E-state index in [1.54, 1.807) is 13.2 Å². The maximum atomic E-state index is 12.2. The molecule has 2 aromatic rings. The third-order valence-electron chi connectivity index (χ3n) is 4.62. The van der Waals surface area contributed by atoms with Crippen molar-refractivity contribution in [1.29, 1.82) is 0 Å². The van der Waals surface area contributed by atoms with Crippen LogP contribution >= 0.6 is 0 Å². The first kappa shape index (κ1) is 18.1. The van der Waals surface area contributed by atoms with Crippen molar-refractivity contribution >= 4 is 22.4 Å². The number of benzene rings is 1. The van der Waals surface area contributed by atoms with Crippen molar-refractivity contribution in [2.24, 2.45) is 0 Å². The second-order valence-corrected chi connectivity index (χ2v) is 6.39. The van der Waals surface area contributed by atoms with Crippen LogP contribution in [0.25, 0.3) is 16.5 Å². The van der Waals surface area contributed by atoms with Gasteiger partial charge in [0.05, 0.1) is 7.11 Å². The van der Waals surface area contributed by atoms with Gasteiger partial charge in [0, 0.05) is 28.6 Å². The standard InChI is InChI=1S/C20H27NO3/c1-8-12(3)21-18(22)9-11(2)16-10-17-13(4)15(6)24-20(17)14(5)19(16)23-7/h9-10,12H,8H2,1-7H3,(H,21,22)/b11-9+. The zero-order chi connectivity index (χ0) is 18.0. The molecule has 0 fully saturated rings. The molecule has 0 aliphatic rings. The highest BCUT2D eigenvalue weighted by atomic mass is 16.5. The smallest absolute Gasteiger partial charge is 0.244 e. The van der Waals surface area contributed by atoms with E-state index in [-0.39, 0.29) is 11.9 Å². The van der Waals surface area contributed by atoms with Crippen LogP contribution in [0.15, 0.2) is 16.6 Å². The van der Waals surface area contributed by atoms with Gasteiger partial charge in [0.2, 0.25) is 5.91 Å². The second kappa shape index (κ2) is 7.12. The van der Waals surface area contributed by atoms with Gasteiger partial charge in [0.25, 0.3) is 0 Å². The number of ether oxygens (including phenoxy) is 1. The van der Waals surface area contributed by atoms with E-state index < -0.39 is 0 Å². The van der Waals surface area contributed by atoms with Gasteiger partial charge in [0.1, 0.15) is 17.1 Å². The van der Waals surface area contributed by atoms with Gasteiger partial charge in [-0.2, -0.15) is 0 Å². The van der Waals surface area contributed by atoms with Crippen molar-refractivity contribution in [3.05, 3.63) is 34.6 Å². The number of fused-ring (bicyclic) bond motifs is 1. The average Bonchev–Trinajstić information content (AvgIpc) is 2.82. The number of furan rings is 1. The molecule has 0 radical (unpaired) electrons. The first-order valence-electron chi connectivity index (χ1n) is 8.36. The summed E-state index contributed by atoms with van der Waals surface area (Å²) in [5, 5.41) is 4.03. The summed E-state index contributed by atoms with van der Waals surface area (Å²) in [7, 11) is 1.65. The van der Waals surface area contributed by atoms with Crippen molar-refractivity contribution in [2.45, 2.75) is 54.0 Å². The largest absolute Gasteiger partial charge is 0.496 e. The molecule has 1 unspecified atom stereocenters. The molecule has 0 aliphatic heterocycles. The minimum absolute atomic E-state index is 0.0817. The Morgan fingerprint density at radius 1 is 1.33 bits per heavy atom. The number of rotatable bonds is 5. The Bertz CT molecular complexity index is 799. The Morgan fingerprint density at radius 3 is 2.58 bits per heavy atom. The van der Waals surface area contributed by atoms with Crippen molar-refractivity contribution in [1.82, 2.24) is 5.32 Å². The minimum atomic E-state index is -0.0817. The van der Waals surface area contributed by atoms with Gasteiger partial charge in [0.15, 0.2) is 0 Å². The lowest BCUT2D eigenvalue weighted by Crippen LogP contribution is -2.30. The summed E-state index contributed by atoms with van der Waals surface area (Å²) in [6, 6.07) is 2.21. The lowest BCUT2D eigenvalue weighted by molar-refractivity contribution is -0.117. The molecule has 24 heavy (non-hydrogen) atoms. The quantitative estimate of drug-likeness (QED) is 0.810. The fourth-order valence-electron chi connectivity index (χ4n) is 2.83. The van der Waals surface area contributed by atoms with Crippen molar-refractivity contribution < 1.29 is 13.9 Å². The van der Waals surface area contributed by atoms with Crippen molar-refractivity contribution in [3.8, 4) is 5.75 Å². The first-order chi connectivity index (χ1) is 11.3. The topological polar surface area (TPSA) is 51.5 Å². The van der Waals surface area contributed by atoms with Crippen LogP contribution < -0.4 is 10.1 Å². The summed E-state index contributed by atoms with van der Waals surface area (Å²) < 4.78 is 11.5. The van der Waals surface area contributed by atoms with Gasteiger partial charge < -0.3 is 14.5 Å². The Morgan fingerprint density at radius 2 is 2.00 bits per heavy atom. The van der Waals surface area contributed by atoms with Crippen LogP contribution in [0, 0.1) is 20.8 Å². The van der Waals surface area contributed by atoms with Crippen LogP contribution in [-0.2, 0) is 4.79 Å². The SMILES string of the molecule is CCC(C)NC(=O)/C=C(\C)c1cc2c(C)c(C)oc2c(C)c1OC. The van der Waals surface area contributed by atoms with E-state index in [1.165, 1.54) is 0 Å². The molecule has 4 nitrogen and oxygen atoms in total. The predicted molar refractivity (Wildman–Crippen MR) is 98.5 cm³/mol. The zero-order valence-electron chi connectivity index (χ0n) is 15.7. The van der Waals surface area contributed by atoms with Gasteiger partial charge in [-0.3, -0.25) is 4.79 Å². The van der Waals surface area contributed by atoms with E-state index >= 15 is 0 Å². The van der Waals surface area contributed by atoms with Gasteiger partial charge >= 0.3 is 0 Å². The number of methoxy groups -OCH3 is 1. The normalized spacial score (nSPS) is 13.2. The second-order valence-electron chi connectivity index (χ2n) is 6.39. The molecule has 4 heteroatoms. The van der Waals surface area contributed by atoms with Gasteiger partial charge in [-0.15, -0.1) is 0 Å². The maximum absolute atomic E-state index is 12.2. The molecule has 1 heterocycles. The monoisotopic (exact) mass is 329 g/mol. The molecule has 1 aromatic heterocycles. The van der Waals surface area contributed by atoms with E-state index in [1.807, 2.05) is 41.5 Å². The summed E-state index contributed by atoms with van der Waals surface area (Å²) in [4.78, 5) is 12.2. The molecule has 2 rings (SSSR count). The Balaban J connectivity index is 2.54. The van der Waals surface area contributed by atoms with E-state index in [2.05, 4.69) is 11.4 Å². The number of carbonyl (C=O) groups is 1. The lowest BCUT2D eigenvalue weighted by Gasteiger charge is -2.14. The summed E-state index contributed by atoms with van der Waals surface area (Å²) in [6.45, 7) is 12.0. The molecule has 1 amide bonds. The molecule has 1 aromatic carbocycles. The summed E-state index contributed by atoms with van der Waals surface area (Å²) in [5.41, 5.74) is 4.72. The van der Waals surface area contributed by atoms with E-state index in [9.17, 15) is 4.79 Å². The number of hydrogen-bond donors (Lipinski definition) is 1. The number of hydrogen-bond acceptors (Lipinski definition) is 3. The molecule has 0 saturated heterocycles. The Labute approximate surface area is 143 Å². The molecule has 1 atom stereocenters. The van der Waals surface area contributed by atoms with Crippen LogP contribution in [0.5, 0.6) is 5.75 Å². The molecule has 0 saturated carbocycles. The number of allylic oxidation sites excluding steroid dienone is 1. The maximum Gasteiger partial charge on any atom is 0.244 e. The number of nitrogens with one attached hydrogen (secondary N) is 1. The van der Waals surface area contributed by atoms with Gasteiger partial charge in [-0.1, -0.05) is 6.92 Å². The predicted octanol–water partition coefficient (Wildman–Crippen LogP) is 4.68. The number of aryl methyl sites for hydroxylation is 3. The van der Waals surface area contributed by atoms with E-state index in [4.69, 9.17) is 9.15 Å². The molecule has 0 aliphatic carbocycles. The average molecular weight is 329 g/mol. The molecular weight excluding hydrogens is 302 g/mol. The summed E-state index contributed by atoms with van der Waals surface area (Å²) >= 11 is 0.